The first-order chi connectivity index (χ1) is 12.2. The van der Waals surface area contributed by atoms with Gasteiger partial charge in [-0.15, -0.1) is 0 Å². The minimum atomic E-state index is -0.323. The number of urea groups is 1. The maximum absolute atomic E-state index is 11.7. The highest BCUT2D eigenvalue weighted by Crippen LogP contribution is 2.27. The number of H-pyrrole nitrogens is 1. The second-order valence-electron chi connectivity index (χ2n) is 5.24. The van der Waals surface area contributed by atoms with Crippen LogP contribution in [0.2, 0.25) is 0 Å². The van der Waals surface area contributed by atoms with E-state index < -0.39 is 0 Å². The summed E-state index contributed by atoms with van der Waals surface area (Å²) in [4.78, 5) is 19.3. The molecule has 5 N–H and O–H groups in total. The van der Waals surface area contributed by atoms with Gasteiger partial charge in [-0.1, -0.05) is 12.7 Å². The molecule has 8 nitrogen and oxygen atoms in total. The number of hydrogen-bond acceptors (Lipinski definition) is 4. The van der Waals surface area contributed by atoms with Crippen LogP contribution in [-0.4, -0.2) is 32.3 Å². The van der Waals surface area contributed by atoms with Gasteiger partial charge in [0.1, 0.15) is 5.52 Å². The number of nitrogens with zero attached hydrogens (tertiary/aromatic N) is 3. The molecule has 0 spiro atoms. The molecule has 0 aliphatic carbocycles. The first-order valence-corrected chi connectivity index (χ1v) is 7.79. The molecule has 0 saturated heterocycles. The lowest BCUT2D eigenvalue weighted by Crippen LogP contribution is -2.28. The van der Waals surface area contributed by atoms with Crippen LogP contribution in [0.1, 0.15) is 12.5 Å². The van der Waals surface area contributed by atoms with E-state index in [0.29, 0.717) is 18.0 Å². The molecule has 1 aromatic carbocycles. The van der Waals surface area contributed by atoms with Gasteiger partial charge in [0.25, 0.3) is 0 Å². The highest BCUT2D eigenvalue weighted by Gasteiger charge is 2.14. The lowest BCUT2D eigenvalue weighted by atomic mass is 10.1. The van der Waals surface area contributed by atoms with Crippen molar-refractivity contribution in [2.24, 2.45) is 5.73 Å². The Morgan fingerprint density at radius 2 is 2.32 bits per heavy atom. The van der Waals surface area contributed by atoms with Crippen molar-refractivity contribution in [3.8, 4) is 5.69 Å². The van der Waals surface area contributed by atoms with Crippen molar-refractivity contribution < 1.29 is 4.79 Å². The van der Waals surface area contributed by atoms with Crippen LogP contribution in [-0.2, 0) is 0 Å². The van der Waals surface area contributed by atoms with Crippen LogP contribution in [0.3, 0.4) is 0 Å². The van der Waals surface area contributed by atoms with Crippen LogP contribution < -0.4 is 16.4 Å². The van der Waals surface area contributed by atoms with E-state index in [0.717, 1.165) is 22.3 Å². The second-order valence-corrected chi connectivity index (χ2v) is 5.24. The van der Waals surface area contributed by atoms with Gasteiger partial charge < -0.3 is 16.0 Å². The number of hydrogen-bond donors (Lipinski definition) is 4. The zero-order valence-electron chi connectivity index (χ0n) is 13.8. The summed E-state index contributed by atoms with van der Waals surface area (Å²) in [5.74, 6) is 0.350. The van der Waals surface area contributed by atoms with Gasteiger partial charge >= 0.3 is 6.03 Å². The van der Waals surface area contributed by atoms with Crippen molar-refractivity contribution in [2.75, 3.05) is 11.9 Å². The Morgan fingerprint density at radius 3 is 2.96 bits per heavy atom. The molecular weight excluding hydrogens is 318 g/mol. The molecule has 0 saturated carbocycles. The van der Waals surface area contributed by atoms with E-state index in [9.17, 15) is 4.79 Å². The van der Waals surface area contributed by atoms with E-state index in [2.05, 4.69) is 32.3 Å². The fourth-order valence-corrected chi connectivity index (χ4v) is 2.51. The average molecular weight is 337 g/mol. The van der Waals surface area contributed by atoms with Crippen molar-refractivity contribution in [3.63, 3.8) is 0 Å². The highest BCUT2D eigenvalue weighted by molar-refractivity contribution is 5.94. The first-order valence-electron chi connectivity index (χ1n) is 7.79. The number of rotatable bonds is 5. The van der Waals surface area contributed by atoms with Gasteiger partial charge in [0.15, 0.2) is 0 Å². The van der Waals surface area contributed by atoms with E-state index in [1.165, 1.54) is 6.20 Å². The van der Waals surface area contributed by atoms with Gasteiger partial charge in [-0.3, -0.25) is 5.32 Å². The van der Waals surface area contributed by atoms with Crippen molar-refractivity contribution in [2.45, 2.75) is 6.92 Å². The number of fused-ring (bicyclic) bond motifs is 1. The molecule has 0 radical (unpaired) electrons. The van der Waals surface area contributed by atoms with Gasteiger partial charge in [0.2, 0.25) is 5.95 Å². The number of amides is 2. The molecule has 0 fully saturated rings. The Balaban J connectivity index is 2.14. The molecule has 128 valence electrons. The lowest BCUT2D eigenvalue weighted by Gasteiger charge is -2.07. The number of allylic oxidation sites excluding steroid dienone is 2. The second kappa shape index (κ2) is 6.91. The Morgan fingerprint density at radius 1 is 1.48 bits per heavy atom. The average Bonchev–Trinajstić information content (AvgIpc) is 3.24. The summed E-state index contributed by atoms with van der Waals surface area (Å²) in [6.45, 7) is 6.15. The monoisotopic (exact) mass is 337 g/mol. The molecule has 2 aromatic heterocycles. The van der Waals surface area contributed by atoms with E-state index in [-0.39, 0.29) is 6.03 Å². The summed E-state index contributed by atoms with van der Waals surface area (Å²) in [7, 11) is 0. The van der Waals surface area contributed by atoms with Gasteiger partial charge in [-0.25, -0.2) is 14.5 Å². The third kappa shape index (κ3) is 3.23. The van der Waals surface area contributed by atoms with Crippen molar-refractivity contribution >= 4 is 28.6 Å². The number of aromatic amines is 1. The summed E-state index contributed by atoms with van der Waals surface area (Å²) in [6, 6.07) is 5.33. The fourth-order valence-electron chi connectivity index (χ4n) is 2.51. The standard InChI is InChI=1S/C17H19N7O/c1-3-11(10-18)12-8-13-15(14(9-12)24-7-5-6-20-24)22-16(21-13)23-17(25)19-4-2/h3,5-10H,1,4,18H2,2H3,(H3,19,21,22,23,25)/b11-10+. The lowest BCUT2D eigenvalue weighted by molar-refractivity contribution is 0.252. The molecule has 0 unspecified atom stereocenters. The summed E-state index contributed by atoms with van der Waals surface area (Å²) < 4.78 is 1.71. The molecule has 2 amide bonds. The third-order valence-corrected chi connectivity index (χ3v) is 3.62. The molecule has 8 heteroatoms. The third-order valence-electron chi connectivity index (χ3n) is 3.62. The van der Waals surface area contributed by atoms with Crippen molar-refractivity contribution in [1.29, 1.82) is 0 Å². The van der Waals surface area contributed by atoms with Gasteiger partial charge in [0, 0.05) is 25.1 Å². The van der Waals surface area contributed by atoms with Crippen LogP contribution in [0.5, 0.6) is 0 Å². The topological polar surface area (TPSA) is 114 Å². The van der Waals surface area contributed by atoms with Gasteiger partial charge in [-0.2, -0.15) is 5.10 Å². The highest BCUT2D eigenvalue weighted by atomic mass is 16.2. The van der Waals surface area contributed by atoms with E-state index in [1.54, 1.807) is 17.0 Å². The SMILES string of the molecule is C=C/C(=C\N)c1cc(-n2cccn2)c2nc(NC(=O)NCC)[nH]c2c1. The number of imidazole rings is 1. The number of carbonyl (C=O) groups excluding carboxylic acids is 1. The summed E-state index contributed by atoms with van der Waals surface area (Å²) in [5.41, 5.74) is 9.52. The summed E-state index contributed by atoms with van der Waals surface area (Å²) >= 11 is 0. The number of benzene rings is 1. The quantitative estimate of drug-likeness (QED) is 0.535. The van der Waals surface area contributed by atoms with Gasteiger partial charge in [-0.05, 0) is 36.3 Å². The molecule has 0 aliphatic rings. The molecule has 3 rings (SSSR count). The number of aromatic nitrogens is 4. The Labute approximate surface area is 144 Å². The van der Waals surface area contributed by atoms with Gasteiger partial charge in [0.05, 0.1) is 11.2 Å². The Kier molecular flexibility index (Phi) is 4.51. The fraction of sp³-hybridized carbons (Fsp3) is 0.118. The Hall–Kier alpha value is -3.55. The molecule has 25 heavy (non-hydrogen) atoms. The van der Waals surface area contributed by atoms with E-state index >= 15 is 0 Å². The molecular formula is C17H19N7O. The molecule has 2 heterocycles. The largest absolute Gasteiger partial charge is 0.404 e. The zero-order valence-corrected chi connectivity index (χ0v) is 13.8. The maximum Gasteiger partial charge on any atom is 0.321 e. The zero-order chi connectivity index (χ0) is 17.8. The van der Waals surface area contributed by atoms with Crippen LogP contribution in [0.25, 0.3) is 22.3 Å². The van der Waals surface area contributed by atoms with Crippen LogP contribution in [0, 0.1) is 0 Å². The molecule has 3 aromatic rings. The number of nitrogens with two attached hydrogens (primary N) is 1. The normalized spacial score (nSPS) is 11.5. The van der Waals surface area contributed by atoms with Crippen LogP contribution in [0.15, 0.2) is 49.4 Å². The van der Waals surface area contributed by atoms with Crippen molar-refractivity contribution in [3.05, 3.63) is 55.0 Å². The minimum Gasteiger partial charge on any atom is -0.404 e. The predicted molar refractivity (Wildman–Crippen MR) is 98.3 cm³/mol. The summed E-state index contributed by atoms with van der Waals surface area (Å²) in [5, 5.41) is 9.61. The van der Waals surface area contributed by atoms with E-state index in [1.807, 2.05) is 31.3 Å². The molecule has 0 aliphatic heterocycles. The molecule has 0 bridgehead atoms. The number of nitrogens with one attached hydrogen (secondary N) is 3. The number of carbonyl (C=O) groups is 1. The first kappa shape index (κ1) is 16.3. The maximum atomic E-state index is 11.7. The van der Waals surface area contributed by atoms with Crippen molar-refractivity contribution in [1.82, 2.24) is 25.1 Å². The summed E-state index contributed by atoms with van der Waals surface area (Å²) in [6.07, 6.45) is 6.68. The van der Waals surface area contributed by atoms with Crippen LogP contribution >= 0.6 is 0 Å². The number of anilines is 1. The smallest absolute Gasteiger partial charge is 0.321 e. The molecule has 0 atom stereocenters. The van der Waals surface area contributed by atoms with E-state index in [4.69, 9.17) is 5.73 Å². The van der Waals surface area contributed by atoms with Crippen LogP contribution in [0.4, 0.5) is 10.7 Å². The minimum absolute atomic E-state index is 0.323. The predicted octanol–water partition coefficient (Wildman–Crippen LogP) is 2.38. The Bertz CT molecular complexity index is 937.